The van der Waals surface area contributed by atoms with Crippen molar-refractivity contribution in [3.63, 3.8) is 0 Å². The van der Waals surface area contributed by atoms with Gasteiger partial charge < -0.3 is 5.11 Å². The Morgan fingerprint density at radius 2 is 1.90 bits per heavy atom. The molecule has 3 atom stereocenters. The van der Waals surface area contributed by atoms with Gasteiger partial charge in [0, 0.05) is 0 Å². The van der Waals surface area contributed by atoms with Gasteiger partial charge in [-0.2, -0.15) is 0 Å². The van der Waals surface area contributed by atoms with Crippen LogP contribution in [0.15, 0.2) is 0 Å². The van der Waals surface area contributed by atoms with E-state index >= 15 is 0 Å². The van der Waals surface area contributed by atoms with E-state index in [0.29, 0.717) is 5.92 Å². The fourth-order valence-corrected chi connectivity index (χ4v) is 2.11. The fourth-order valence-electron chi connectivity index (χ4n) is 2.11. The van der Waals surface area contributed by atoms with Gasteiger partial charge in [-0.25, -0.2) is 0 Å². The van der Waals surface area contributed by atoms with Crippen LogP contribution in [0.3, 0.4) is 0 Å². The summed E-state index contributed by atoms with van der Waals surface area (Å²) in [4.78, 5) is 0. The maximum Gasteiger partial charge on any atom is 0.0568 e. The molecule has 1 saturated carbocycles. The third-order valence-corrected chi connectivity index (χ3v) is 2.93. The molecular weight excluding hydrogens is 124 g/mol. The van der Waals surface area contributed by atoms with Gasteiger partial charge in [0.25, 0.3) is 0 Å². The van der Waals surface area contributed by atoms with E-state index in [-0.39, 0.29) is 6.10 Å². The summed E-state index contributed by atoms with van der Waals surface area (Å²) in [5.41, 5.74) is 0. The number of hydrogen-bond donors (Lipinski definition) is 1. The topological polar surface area (TPSA) is 20.2 Å². The Balaban J connectivity index is 2.49. The summed E-state index contributed by atoms with van der Waals surface area (Å²) in [6, 6.07) is 0. The van der Waals surface area contributed by atoms with Crippen LogP contribution in [0.5, 0.6) is 0 Å². The first kappa shape index (κ1) is 8.06. The summed E-state index contributed by atoms with van der Waals surface area (Å²) in [6.45, 7) is 6.67. The van der Waals surface area contributed by atoms with Gasteiger partial charge in [0.2, 0.25) is 0 Å². The van der Waals surface area contributed by atoms with E-state index in [9.17, 15) is 5.11 Å². The Hall–Kier alpha value is -0.0400. The van der Waals surface area contributed by atoms with Crippen LogP contribution in [-0.4, -0.2) is 11.2 Å². The van der Waals surface area contributed by atoms with Gasteiger partial charge in [-0.1, -0.05) is 20.8 Å². The highest BCUT2D eigenvalue weighted by Gasteiger charge is 2.32. The quantitative estimate of drug-likeness (QED) is 0.594. The minimum atomic E-state index is -0.0209. The van der Waals surface area contributed by atoms with Gasteiger partial charge >= 0.3 is 0 Å². The monoisotopic (exact) mass is 142 g/mol. The van der Waals surface area contributed by atoms with E-state index < -0.39 is 0 Å². The Morgan fingerprint density at radius 1 is 1.30 bits per heavy atom. The van der Waals surface area contributed by atoms with Gasteiger partial charge in [0.15, 0.2) is 0 Å². The zero-order valence-corrected chi connectivity index (χ0v) is 7.17. The van der Waals surface area contributed by atoms with Crippen molar-refractivity contribution >= 4 is 0 Å². The van der Waals surface area contributed by atoms with Crippen molar-refractivity contribution in [2.24, 2.45) is 17.8 Å². The van der Waals surface area contributed by atoms with Gasteiger partial charge in [0.1, 0.15) is 0 Å². The Kier molecular flexibility index (Phi) is 2.35. The summed E-state index contributed by atoms with van der Waals surface area (Å²) in [5.74, 6) is 2.03. The average Bonchev–Trinajstić information content (AvgIpc) is 2.14. The maximum absolute atomic E-state index is 9.42. The third kappa shape index (κ3) is 1.34. The van der Waals surface area contributed by atoms with E-state index in [1.165, 1.54) is 6.42 Å². The molecule has 0 radical (unpaired) electrons. The molecule has 1 fully saturated rings. The second-order valence-corrected chi connectivity index (χ2v) is 3.91. The van der Waals surface area contributed by atoms with E-state index in [1.54, 1.807) is 0 Å². The van der Waals surface area contributed by atoms with Gasteiger partial charge in [-0.3, -0.25) is 0 Å². The van der Waals surface area contributed by atoms with Crippen LogP contribution >= 0.6 is 0 Å². The van der Waals surface area contributed by atoms with Crippen LogP contribution in [0, 0.1) is 17.8 Å². The van der Waals surface area contributed by atoms with Crippen LogP contribution in [0.4, 0.5) is 0 Å². The second kappa shape index (κ2) is 2.91. The van der Waals surface area contributed by atoms with Crippen molar-refractivity contribution in [2.45, 2.75) is 39.7 Å². The van der Waals surface area contributed by atoms with E-state index in [2.05, 4.69) is 20.8 Å². The highest BCUT2D eigenvalue weighted by molar-refractivity contribution is 4.82. The molecule has 0 heterocycles. The zero-order valence-electron chi connectivity index (χ0n) is 7.17. The molecule has 60 valence electrons. The first-order valence-electron chi connectivity index (χ1n) is 4.31. The lowest BCUT2D eigenvalue weighted by Gasteiger charge is -2.20. The summed E-state index contributed by atoms with van der Waals surface area (Å²) in [5, 5.41) is 9.42. The summed E-state index contributed by atoms with van der Waals surface area (Å²) in [6.07, 6.45) is 2.22. The molecule has 0 aromatic heterocycles. The molecule has 0 unspecified atom stereocenters. The first-order chi connectivity index (χ1) is 4.63. The minimum Gasteiger partial charge on any atom is -0.393 e. The smallest absolute Gasteiger partial charge is 0.0568 e. The van der Waals surface area contributed by atoms with Crippen molar-refractivity contribution in [2.75, 3.05) is 0 Å². The van der Waals surface area contributed by atoms with Crippen LogP contribution in [0.25, 0.3) is 0 Å². The lowest BCUT2D eigenvalue weighted by atomic mass is 9.87. The number of rotatable bonds is 1. The Bertz CT molecular complexity index is 109. The normalized spacial score (nSPS) is 41.1. The summed E-state index contributed by atoms with van der Waals surface area (Å²) >= 11 is 0. The molecule has 1 heteroatoms. The minimum absolute atomic E-state index is 0.0209. The molecule has 1 nitrogen and oxygen atoms in total. The van der Waals surface area contributed by atoms with Crippen molar-refractivity contribution in [3.8, 4) is 0 Å². The molecular formula is C9H18O. The number of aliphatic hydroxyl groups is 1. The van der Waals surface area contributed by atoms with Gasteiger partial charge in [-0.15, -0.1) is 0 Å². The lowest BCUT2D eigenvalue weighted by molar-refractivity contribution is 0.118. The van der Waals surface area contributed by atoms with Gasteiger partial charge in [-0.05, 0) is 30.6 Å². The molecule has 0 spiro atoms. The molecule has 1 rings (SSSR count). The van der Waals surface area contributed by atoms with E-state index in [1.807, 2.05) is 0 Å². The van der Waals surface area contributed by atoms with Gasteiger partial charge in [0.05, 0.1) is 6.10 Å². The molecule has 0 bridgehead atoms. The Morgan fingerprint density at radius 3 is 2.10 bits per heavy atom. The summed E-state index contributed by atoms with van der Waals surface area (Å²) < 4.78 is 0. The van der Waals surface area contributed by atoms with E-state index in [0.717, 1.165) is 18.3 Å². The largest absolute Gasteiger partial charge is 0.393 e. The van der Waals surface area contributed by atoms with E-state index in [4.69, 9.17) is 0 Å². The molecule has 0 aromatic rings. The average molecular weight is 142 g/mol. The SMILES string of the molecule is CC(C)[C@@H]1CC[C@H](O)[C@H]1C. The zero-order chi connectivity index (χ0) is 7.72. The highest BCUT2D eigenvalue weighted by atomic mass is 16.3. The van der Waals surface area contributed by atoms with Crippen molar-refractivity contribution < 1.29 is 5.11 Å². The predicted molar refractivity (Wildman–Crippen MR) is 42.7 cm³/mol. The standard InChI is InChI=1S/C9H18O/c1-6(2)8-4-5-9(10)7(8)3/h6-10H,4-5H2,1-3H3/t7-,8-,9-/m0/s1. The maximum atomic E-state index is 9.42. The molecule has 0 saturated heterocycles. The highest BCUT2D eigenvalue weighted by Crippen LogP contribution is 2.36. The van der Waals surface area contributed by atoms with Crippen LogP contribution in [0.1, 0.15) is 33.6 Å². The predicted octanol–water partition coefficient (Wildman–Crippen LogP) is 2.05. The van der Waals surface area contributed by atoms with Crippen molar-refractivity contribution in [1.29, 1.82) is 0 Å². The molecule has 0 aliphatic heterocycles. The molecule has 1 aliphatic carbocycles. The van der Waals surface area contributed by atoms with Crippen molar-refractivity contribution in [3.05, 3.63) is 0 Å². The van der Waals surface area contributed by atoms with Crippen LogP contribution in [-0.2, 0) is 0 Å². The van der Waals surface area contributed by atoms with Crippen LogP contribution in [0.2, 0.25) is 0 Å². The molecule has 1 N–H and O–H groups in total. The molecule has 10 heavy (non-hydrogen) atoms. The van der Waals surface area contributed by atoms with Crippen molar-refractivity contribution in [1.82, 2.24) is 0 Å². The van der Waals surface area contributed by atoms with Crippen LogP contribution < -0.4 is 0 Å². The summed E-state index contributed by atoms with van der Waals surface area (Å²) in [7, 11) is 0. The molecule has 0 aromatic carbocycles. The lowest BCUT2D eigenvalue weighted by Crippen LogP contribution is -2.18. The molecule has 0 amide bonds. The number of aliphatic hydroxyl groups excluding tert-OH is 1. The fraction of sp³-hybridized carbons (Fsp3) is 1.00. The second-order valence-electron chi connectivity index (χ2n) is 3.91. The third-order valence-electron chi connectivity index (χ3n) is 2.93. The number of hydrogen-bond acceptors (Lipinski definition) is 1. The Labute approximate surface area is 63.4 Å². The molecule has 1 aliphatic rings. The first-order valence-corrected chi connectivity index (χ1v) is 4.31.